The second-order valence-corrected chi connectivity index (χ2v) is 2.72. The number of pyridine rings is 1. The Hall–Kier alpha value is -1.50. The van der Waals surface area contributed by atoms with Gasteiger partial charge in [-0.25, -0.2) is 8.78 Å². The molecule has 76 valence electrons. The molecular formula is C6H4ClF2N3O2. The maximum Gasteiger partial charge on any atom is 0.374 e. The first-order chi connectivity index (χ1) is 6.45. The Labute approximate surface area is 81.6 Å². The summed E-state index contributed by atoms with van der Waals surface area (Å²) in [7, 11) is 0. The van der Waals surface area contributed by atoms with E-state index in [4.69, 9.17) is 17.3 Å². The maximum atomic E-state index is 12.3. The van der Waals surface area contributed by atoms with Gasteiger partial charge in [-0.3, -0.25) is 0 Å². The van der Waals surface area contributed by atoms with Crippen LogP contribution in [0.3, 0.4) is 0 Å². The minimum Gasteiger partial charge on any atom is -0.397 e. The number of alkyl halides is 2. The van der Waals surface area contributed by atoms with Crippen molar-refractivity contribution >= 4 is 23.1 Å². The summed E-state index contributed by atoms with van der Waals surface area (Å²) < 4.78 is 24.7. The number of nitro groups is 1. The molecule has 1 heterocycles. The van der Waals surface area contributed by atoms with E-state index in [1.165, 1.54) is 0 Å². The van der Waals surface area contributed by atoms with E-state index >= 15 is 0 Å². The molecule has 0 aromatic carbocycles. The molecular weight excluding hydrogens is 220 g/mol. The quantitative estimate of drug-likeness (QED) is 0.615. The van der Waals surface area contributed by atoms with Gasteiger partial charge in [0.15, 0.2) is 6.20 Å². The highest BCUT2D eigenvalue weighted by atomic mass is 35.5. The van der Waals surface area contributed by atoms with Gasteiger partial charge in [-0.1, -0.05) is 11.6 Å². The third-order valence-corrected chi connectivity index (χ3v) is 1.78. The molecule has 0 spiro atoms. The molecule has 0 aliphatic rings. The molecule has 0 atom stereocenters. The normalized spacial score (nSPS) is 10.6. The molecule has 0 amide bonds. The Morgan fingerprint density at radius 1 is 1.64 bits per heavy atom. The summed E-state index contributed by atoms with van der Waals surface area (Å²) in [6, 6.07) is 0. The van der Waals surface area contributed by atoms with Crippen LogP contribution in [0, 0.1) is 10.1 Å². The van der Waals surface area contributed by atoms with Crippen molar-refractivity contribution < 1.29 is 13.7 Å². The number of nitrogen functional groups attached to an aromatic ring is 1. The number of rotatable bonds is 2. The molecule has 1 aromatic heterocycles. The van der Waals surface area contributed by atoms with Crippen molar-refractivity contribution in [1.29, 1.82) is 0 Å². The molecule has 8 heteroatoms. The fourth-order valence-corrected chi connectivity index (χ4v) is 1.02. The molecule has 0 fully saturated rings. The molecule has 0 bridgehead atoms. The second kappa shape index (κ2) is 3.70. The monoisotopic (exact) mass is 223 g/mol. The Bertz CT molecular complexity index is 386. The number of nitrogens with zero attached hydrogens (tertiary/aromatic N) is 2. The van der Waals surface area contributed by atoms with Gasteiger partial charge in [-0.15, -0.1) is 0 Å². The lowest BCUT2D eigenvalue weighted by Crippen LogP contribution is -2.04. The zero-order valence-electron chi connectivity index (χ0n) is 6.58. The number of halogens is 3. The minimum absolute atomic E-state index is 0.231. The second-order valence-electron chi connectivity index (χ2n) is 2.31. The molecule has 0 aliphatic carbocycles. The van der Waals surface area contributed by atoms with Gasteiger partial charge in [0, 0.05) is 0 Å². The van der Waals surface area contributed by atoms with Crippen molar-refractivity contribution in [2.75, 3.05) is 5.73 Å². The number of aromatic nitrogens is 1. The van der Waals surface area contributed by atoms with Crippen molar-refractivity contribution in [3.05, 3.63) is 26.9 Å². The minimum atomic E-state index is -3.08. The van der Waals surface area contributed by atoms with Gasteiger partial charge in [0.1, 0.15) is 10.6 Å². The average Bonchev–Trinajstić information content (AvgIpc) is 2.08. The summed E-state index contributed by atoms with van der Waals surface area (Å²) in [5.41, 5.74) is 3.71. The summed E-state index contributed by atoms with van der Waals surface area (Å²) in [4.78, 5) is 12.4. The van der Waals surface area contributed by atoms with Gasteiger partial charge in [-0.05, 0) is 9.91 Å². The van der Waals surface area contributed by atoms with Crippen molar-refractivity contribution in [2.24, 2.45) is 0 Å². The van der Waals surface area contributed by atoms with Gasteiger partial charge < -0.3 is 15.8 Å². The highest BCUT2D eigenvalue weighted by molar-refractivity contribution is 6.33. The lowest BCUT2D eigenvalue weighted by Gasteiger charge is -2.05. The topological polar surface area (TPSA) is 82.0 Å². The van der Waals surface area contributed by atoms with Crippen LogP contribution in [0.4, 0.5) is 20.3 Å². The number of anilines is 1. The largest absolute Gasteiger partial charge is 0.397 e. The summed E-state index contributed by atoms with van der Waals surface area (Å²) in [5, 5.41) is 10.1. The van der Waals surface area contributed by atoms with Crippen LogP contribution in [0.2, 0.25) is 5.02 Å². The van der Waals surface area contributed by atoms with Gasteiger partial charge in [0.25, 0.3) is 6.43 Å². The number of nitrogens with two attached hydrogens (primary N) is 1. The van der Waals surface area contributed by atoms with E-state index in [-0.39, 0.29) is 5.02 Å². The third kappa shape index (κ3) is 1.72. The Morgan fingerprint density at radius 2 is 2.21 bits per heavy atom. The van der Waals surface area contributed by atoms with Crippen molar-refractivity contribution in [3.8, 4) is 0 Å². The molecule has 1 aromatic rings. The molecule has 0 radical (unpaired) electrons. The lowest BCUT2D eigenvalue weighted by atomic mass is 10.2. The van der Waals surface area contributed by atoms with E-state index in [1.807, 2.05) is 0 Å². The lowest BCUT2D eigenvalue weighted by molar-refractivity contribution is -0.390. The van der Waals surface area contributed by atoms with Crippen molar-refractivity contribution in [2.45, 2.75) is 6.43 Å². The van der Waals surface area contributed by atoms with Crippen LogP contribution in [0.1, 0.15) is 12.0 Å². The number of hydrogen-bond donors (Lipinski definition) is 1. The van der Waals surface area contributed by atoms with Crippen LogP contribution < -0.4 is 5.73 Å². The maximum absolute atomic E-state index is 12.3. The first-order valence-electron chi connectivity index (χ1n) is 3.31. The molecule has 0 aliphatic heterocycles. The average molecular weight is 224 g/mol. The molecule has 5 nitrogen and oxygen atoms in total. The van der Waals surface area contributed by atoms with Gasteiger partial charge >= 0.3 is 5.82 Å². The van der Waals surface area contributed by atoms with Crippen LogP contribution in [0.5, 0.6) is 0 Å². The van der Waals surface area contributed by atoms with Crippen LogP contribution in [0.25, 0.3) is 0 Å². The molecule has 1 rings (SSSR count). The zero-order valence-corrected chi connectivity index (χ0v) is 7.33. The number of hydrogen-bond acceptors (Lipinski definition) is 4. The predicted octanol–water partition coefficient (Wildman–Crippen LogP) is 2.16. The fraction of sp³-hybridized carbons (Fsp3) is 0.167. The highest BCUT2D eigenvalue weighted by Crippen LogP contribution is 2.35. The van der Waals surface area contributed by atoms with Gasteiger partial charge in [-0.2, -0.15) is 0 Å². The van der Waals surface area contributed by atoms with E-state index < -0.39 is 28.4 Å². The molecule has 2 N–H and O–H groups in total. The van der Waals surface area contributed by atoms with Gasteiger partial charge in [0.2, 0.25) is 0 Å². The highest BCUT2D eigenvalue weighted by Gasteiger charge is 2.27. The van der Waals surface area contributed by atoms with E-state index in [1.54, 1.807) is 0 Å². The fourth-order valence-electron chi connectivity index (χ4n) is 0.867. The van der Waals surface area contributed by atoms with E-state index in [9.17, 15) is 18.9 Å². The smallest absolute Gasteiger partial charge is 0.374 e. The van der Waals surface area contributed by atoms with Crippen LogP contribution in [-0.2, 0) is 0 Å². The van der Waals surface area contributed by atoms with E-state index in [0.717, 1.165) is 6.20 Å². The standard InChI is InChI=1S/C6H4ClF2N3O2/c7-2-1-11-6(12(13)14)3(4(2)10)5(8)9/h1,5H,(H2,10,11). The third-order valence-electron chi connectivity index (χ3n) is 1.48. The summed E-state index contributed by atoms with van der Waals surface area (Å²) in [5.74, 6) is -0.970. The molecule has 0 saturated heterocycles. The van der Waals surface area contributed by atoms with Gasteiger partial charge in [0.05, 0.1) is 5.69 Å². The predicted molar refractivity (Wildman–Crippen MR) is 45.3 cm³/mol. The van der Waals surface area contributed by atoms with Crippen LogP contribution in [-0.4, -0.2) is 9.91 Å². The van der Waals surface area contributed by atoms with Crippen molar-refractivity contribution in [3.63, 3.8) is 0 Å². The zero-order chi connectivity index (χ0) is 10.9. The van der Waals surface area contributed by atoms with Crippen LogP contribution in [0.15, 0.2) is 6.20 Å². The van der Waals surface area contributed by atoms with Crippen molar-refractivity contribution in [1.82, 2.24) is 4.98 Å². The van der Waals surface area contributed by atoms with Crippen LogP contribution >= 0.6 is 11.6 Å². The first kappa shape index (κ1) is 10.6. The van der Waals surface area contributed by atoms with E-state index in [2.05, 4.69) is 4.98 Å². The SMILES string of the molecule is Nc1c(Cl)cnc([N+](=O)[O-])c1C(F)F. The summed E-state index contributed by atoms with van der Waals surface area (Å²) in [6.45, 7) is 0. The molecule has 0 unspecified atom stereocenters. The Morgan fingerprint density at radius 3 is 2.64 bits per heavy atom. The summed E-state index contributed by atoms with van der Waals surface area (Å²) in [6.07, 6.45) is -2.22. The first-order valence-corrected chi connectivity index (χ1v) is 3.69. The molecule has 0 saturated carbocycles. The molecule has 14 heavy (non-hydrogen) atoms. The van der Waals surface area contributed by atoms with E-state index in [0.29, 0.717) is 0 Å². The summed E-state index contributed by atoms with van der Waals surface area (Å²) >= 11 is 5.39. The Kier molecular flexibility index (Phi) is 2.80. The Balaban J connectivity index is 3.45.